The van der Waals surface area contributed by atoms with E-state index in [1.165, 1.54) is 30.0 Å². The summed E-state index contributed by atoms with van der Waals surface area (Å²) in [4.78, 5) is 0. The maximum Gasteiger partial charge on any atom is 0.127 e. The molecule has 2 heteroatoms. The average molecular weight is 266 g/mol. The Morgan fingerprint density at radius 3 is 2.45 bits per heavy atom. The van der Waals surface area contributed by atoms with Crippen molar-refractivity contribution in [3.8, 4) is 22.6 Å². The van der Waals surface area contributed by atoms with Crippen molar-refractivity contribution < 1.29 is 10.2 Å². The molecule has 20 heavy (non-hydrogen) atoms. The number of benzene rings is 2. The van der Waals surface area contributed by atoms with Crippen molar-refractivity contribution in [1.82, 2.24) is 0 Å². The van der Waals surface area contributed by atoms with Gasteiger partial charge in [0.15, 0.2) is 0 Å². The minimum Gasteiger partial charge on any atom is -0.508 e. The Morgan fingerprint density at radius 1 is 0.950 bits per heavy atom. The number of hydrogen-bond donors (Lipinski definition) is 2. The van der Waals surface area contributed by atoms with Gasteiger partial charge in [0, 0.05) is 17.0 Å². The van der Waals surface area contributed by atoms with E-state index in [0.717, 1.165) is 29.5 Å². The minimum atomic E-state index is 0.00685. The highest BCUT2D eigenvalue weighted by Gasteiger charge is 2.46. The Kier molecular flexibility index (Phi) is 2.24. The standard InChI is InChI=1S/C18H18O2/c1-11-4-5-13-14(8-11)18(6-2-3-7-18)15-9-12(19)10-16(20)17(13)15/h4-5,8-10,19-20H,2-3,6-7H2,1H3. The molecule has 0 saturated heterocycles. The SMILES string of the molecule is Cc1ccc2c(c1)C1(CCCC1)c1cc(O)cc(O)c1-2. The van der Waals surface area contributed by atoms with E-state index in [1.807, 2.05) is 6.07 Å². The molecule has 2 aliphatic rings. The molecule has 1 saturated carbocycles. The quantitative estimate of drug-likeness (QED) is 0.748. The topological polar surface area (TPSA) is 40.5 Å². The Bertz CT molecular complexity index is 710. The second-order valence-corrected chi connectivity index (χ2v) is 6.23. The van der Waals surface area contributed by atoms with Crippen LogP contribution in [0.4, 0.5) is 0 Å². The second-order valence-electron chi connectivity index (χ2n) is 6.23. The minimum absolute atomic E-state index is 0.00685. The Labute approximate surface area is 118 Å². The molecule has 2 aromatic rings. The third kappa shape index (κ3) is 1.34. The molecule has 4 rings (SSSR count). The number of phenols is 2. The Balaban J connectivity index is 2.11. The summed E-state index contributed by atoms with van der Waals surface area (Å²) < 4.78 is 0. The van der Waals surface area contributed by atoms with Crippen molar-refractivity contribution in [2.24, 2.45) is 0 Å². The summed E-state index contributed by atoms with van der Waals surface area (Å²) in [5.41, 5.74) is 5.79. The zero-order valence-corrected chi connectivity index (χ0v) is 11.6. The number of aromatic hydroxyl groups is 2. The van der Waals surface area contributed by atoms with E-state index < -0.39 is 0 Å². The van der Waals surface area contributed by atoms with E-state index in [0.29, 0.717) is 0 Å². The Morgan fingerprint density at radius 2 is 1.70 bits per heavy atom. The molecule has 1 fully saturated rings. The van der Waals surface area contributed by atoms with Gasteiger partial charge < -0.3 is 10.2 Å². The van der Waals surface area contributed by atoms with Gasteiger partial charge in [0.2, 0.25) is 0 Å². The third-order valence-corrected chi connectivity index (χ3v) is 5.03. The summed E-state index contributed by atoms with van der Waals surface area (Å²) in [6.07, 6.45) is 4.64. The van der Waals surface area contributed by atoms with E-state index in [1.54, 1.807) is 0 Å². The zero-order chi connectivity index (χ0) is 13.9. The largest absolute Gasteiger partial charge is 0.508 e. The zero-order valence-electron chi connectivity index (χ0n) is 11.6. The lowest BCUT2D eigenvalue weighted by Crippen LogP contribution is -2.20. The molecule has 2 nitrogen and oxygen atoms in total. The van der Waals surface area contributed by atoms with Gasteiger partial charge in [0.1, 0.15) is 11.5 Å². The molecule has 102 valence electrons. The van der Waals surface area contributed by atoms with Crippen molar-refractivity contribution >= 4 is 0 Å². The molecule has 2 aliphatic carbocycles. The van der Waals surface area contributed by atoms with Gasteiger partial charge in [-0.25, -0.2) is 0 Å². The number of aryl methyl sites for hydroxylation is 1. The van der Waals surface area contributed by atoms with Crippen LogP contribution in [0.25, 0.3) is 11.1 Å². The smallest absolute Gasteiger partial charge is 0.127 e. The van der Waals surface area contributed by atoms with E-state index in [2.05, 4.69) is 25.1 Å². The Hall–Kier alpha value is -1.96. The number of rotatable bonds is 0. The van der Waals surface area contributed by atoms with Crippen LogP contribution < -0.4 is 0 Å². The first-order valence-corrected chi connectivity index (χ1v) is 7.30. The van der Waals surface area contributed by atoms with Crippen molar-refractivity contribution in [3.63, 3.8) is 0 Å². The first-order chi connectivity index (χ1) is 9.62. The second kappa shape index (κ2) is 3.78. The van der Waals surface area contributed by atoms with Crippen LogP contribution in [-0.2, 0) is 5.41 Å². The van der Waals surface area contributed by atoms with Crippen LogP contribution in [0, 0.1) is 6.92 Å². The predicted molar refractivity (Wildman–Crippen MR) is 79.2 cm³/mol. The van der Waals surface area contributed by atoms with Gasteiger partial charge in [0.05, 0.1) is 0 Å². The lowest BCUT2D eigenvalue weighted by atomic mass is 9.76. The molecule has 1 spiro atoms. The number of fused-ring (bicyclic) bond motifs is 5. The predicted octanol–water partition coefficient (Wildman–Crippen LogP) is 4.25. The fraction of sp³-hybridized carbons (Fsp3) is 0.333. The first kappa shape index (κ1) is 11.8. The molecule has 0 unspecified atom stereocenters. The molecule has 2 aromatic carbocycles. The average Bonchev–Trinajstić information content (AvgIpc) is 2.97. The van der Waals surface area contributed by atoms with Crippen LogP contribution in [0.5, 0.6) is 11.5 Å². The van der Waals surface area contributed by atoms with E-state index in [9.17, 15) is 10.2 Å². The van der Waals surface area contributed by atoms with E-state index >= 15 is 0 Å². The van der Waals surface area contributed by atoms with Crippen molar-refractivity contribution in [1.29, 1.82) is 0 Å². The van der Waals surface area contributed by atoms with Gasteiger partial charge in [-0.15, -0.1) is 0 Å². The summed E-state index contributed by atoms with van der Waals surface area (Å²) in [6, 6.07) is 9.79. The third-order valence-electron chi connectivity index (χ3n) is 5.03. The highest BCUT2D eigenvalue weighted by atomic mass is 16.3. The number of hydrogen-bond acceptors (Lipinski definition) is 2. The van der Waals surface area contributed by atoms with Crippen LogP contribution in [0.1, 0.15) is 42.4 Å². The van der Waals surface area contributed by atoms with Crippen LogP contribution in [0.15, 0.2) is 30.3 Å². The van der Waals surface area contributed by atoms with Crippen LogP contribution >= 0.6 is 0 Å². The molecule has 0 atom stereocenters. The van der Waals surface area contributed by atoms with Gasteiger partial charge in [-0.05, 0) is 42.5 Å². The van der Waals surface area contributed by atoms with Crippen molar-refractivity contribution in [2.45, 2.75) is 38.0 Å². The normalized spacial score (nSPS) is 18.2. The van der Waals surface area contributed by atoms with Crippen LogP contribution in [0.2, 0.25) is 0 Å². The fourth-order valence-corrected chi connectivity index (χ4v) is 4.21. The molecule has 0 aliphatic heterocycles. The lowest BCUT2D eigenvalue weighted by molar-refractivity contribution is 0.447. The van der Waals surface area contributed by atoms with Gasteiger partial charge in [0.25, 0.3) is 0 Å². The summed E-state index contributed by atoms with van der Waals surface area (Å²) in [6.45, 7) is 2.11. The fourth-order valence-electron chi connectivity index (χ4n) is 4.21. The van der Waals surface area contributed by atoms with E-state index in [-0.39, 0.29) is 16.9 Å². The van der Waals surface area contributed by atoms with Crippen molar-refractivity contribution in [3.05, 3.63) is 47.0 Å². The van der Waals surface area contributed by atoms with Crippen molar-refractivity contribution in [2.75, 3.05) is 0 Å². The maximum atomic E-state index is 10.3. The van der Waals surface area contributed by atoms with Gasteiger partial charge in [-0.3, -0.25) is 0 Å². The summed E-state index contributed by atoms with van der Waals surface area (Å²) in [7, 11) is 0. The summed E-state index contributed by atoms with van der Waals surface area (Å²) in [5.74, 6) is 0.367. The molecule has 0 bridgehead atoms. The molecule has 0 aromatic heterocycles. The van der Waals surface area contributed by atoms with E-state index in [4.69, 9.17) is 0 Å². The van der Waals surface area contributed by atoms with Crippen LogP contribution in [0.3, 0.4) is 0 Å². The molecular formula is C18H18O2. The molecular weight excluding hydrogens is 248 g/mol. The monoisotopic (exact) mass is 266 g/mol. The maximum absolute atomic E-state index is 10.3. The highest BCUT2D eigenvalue weighted by molar-refractivity contribution is 5.86. The summed E-state index contributed by atoms with van der Waals surface area (Å²) >= 11 is 0. The van der Waals surface area contributed by atoms with Gasteiger partial charge in [-0.2, -0.15) is 0 Å². The van der Waals surface area contributed by atoms with Gasteiger partial charge in [-0.1, -0.05) is 36.6 Å². The molecule has 0 radical (unpaired) electrons. The number of phenolic OH excluding ortho intramolecular Hbond substituents is 2. The molecule has 0 amide bonds. The molecule has 0 heterocycles. The first-order valence-electron chi connectivity index (χ1n) is 7.30. The summed E-state index contributed by atoms with van der Waals surface area (Å²) in [5, 5.41) is 20.2. The highest BCUT2D eigenvalue weighted by Crippen LogP contribution is 2.59. The molecule has 2 N–H and O–H groups in total. The van der Waals surface area contributed by atoms with Crippen LogP contribution in [-0.4, -0.2) is 10.2 Å². The lowest BCUT2D eigenvalue weighted by Gasteiger charge is -2.26. The van der Waals surface area contributed by atoms with Gasteiger partial charge >= 0.3 is 0 Å².